The maximum absolute atomic E-state index is 13.2. The van der Waals surface area contributed by atoms with Crippen LogP contribution in [0.3, 0.4) is 0 Å². The van der Waals surface area contributed by atoms with Crippen molar-refractivity contribution in [3.05, 3.63) is 23.8 Å². The first-order valence-electron chi connectivity index (χ1n) is 6.58. The zero-order chi connectivity index (χ0) is 16.5. The molecule has 0 unspecified atom stereocenters. The van der Waals surface area contributed by atoms with Gasteiger partial charge in [0, 0.05) is 16.7 Å². The van der Waals surface area contributed by atoms with E-state index in [9.17, 15) is 18.4 Å². The van der Waals surface area contributed by atoms with Crippen LogP contribution in [0.1, 0.15) is 20.8 Å². The normalized spacial score (nSPS) is 18.0. The lowest BCUT2D eigenvalue weighted by Gasteiger charge is -2.22. The average molecular weight is 330 g/mol. The number of hydrogen-bond acceptors (Lipinski definition) is 4. The average Bonchev–Trinajstić information content (AvgIpc) is 2.49. The number of hydrogen-bond donors (Lipinski definition) is 2. The van der Waals surface area contributed by atoms with E-state index in [4.69, 9.17) is 4.74 Å². The highest BCUT2D eigenvalue weighted by atomic mass is 32.2. The van der Waals surface area contributed by atoms with E-state index in [1.807, 2.05) is 0 Å². The summed E-state index contributed by atoms with van der Waals surface area (Å²) >= 11 is 1.14. The number of alkyl carbamates (subject to hydrolysis) is 1. The highest BCUT2D eigenvalue weighted by Crippen LogP contribution is 2.32. The lowest BCUT2D eigenvalue weighted by molar-refractivity contribution is -0.117. The van der Waals surface area contributed by atoms with Crippen molar-refractivity contribution in [2.75, 3.05) is 11.1 Å². The fraction of sp³-hybridized carbons (Fsp3) is 0.429. The maximum atomic E-state index is 13.2. The van der Waals surface area contributed by atoms with E-state index in [1.54, 1.807) is 20.8 Å². The quantitative estimate of drug-likeness (QED) is 0.831. The Morgan fingerprint density at radius 3 is 2.64 bits per heavy atom. The Balaban J connectivity index is 2.10. The van der Waals surface area contributed by atoms with Gasteiger partial charge in [-0.25, -0.2) is 13.6 Å². The molecule has 120 valence electrons. The summed E-state index contributed by atoms with van der Waals surface area (Å²) < 4.78 is 31.6. The Morgan fingerprint density at radius 2 is 2.00 bits per heavy atom. The number of thioether (sulfide) groups is 1. The fourth-order valence-corrected chi connectivity index (χ4v) is 2.80. The van der Waals surface area contributed by atoms with Gasteiger partial charge >= 0.3 is 6.09 Å². The van der Waals surface area contributed by atoms with Crippen LogP contribution in [0.5, 0.6) is 0 Å². The van der Waals surface area contributed by atoms with Gasteiger partial charge in [0.15, 0.2) is 11.6 Å². The molecule has 0 bridgehead atoms. The minimum absolute atomic E-state index is 0.183. The number of rotatable bonds is 1. The summed E-state index contributed by atoms with van der Waals surface area (Å²) in [6.07, 6.45) is -0.725. The third-order valence-electron chi connectivity index (χ3n) is 2.69. The molecule has 2 N–H and O–H groups in total. The SMILES string of the molecule is CC(C)(C)OC(=O)N[C@H]1CSc2cc(F)c(F)cc2NC1=O. The van der Waals surface area contributed by atoms with Gasteiger partial charge in [0.25, 0.3) is 0 Å². The summed E-state index contributed by atoms with van der Waals surface area (Å²) in [5.41, 5.74) is -0.504. The number of carbonyl (C=O) groups is 2. The van der Waals surface area contributed by atoms with Gasteiger partial charge in [-0.2, -0.15) is 0 Å². The molecule has 1 aliphatic rings. The minimum Gasteiger partial charge on any atom is -0.444 e. The number of ether oxygens (including phenoxy) is 1. The highest BCUT2D eigenvalue weighted by molar-refractivity contribution is 7.99. The molecule has 2 rings (SSSR count). The predicted molar refractivity (Wildman–Crippen MR) is 78.9 cm³/mol. The van der Waals surface area contributed by atoms with Gasteiger partial charge in [-0.1, -0.05) is 0 Å². The van der Waals surface area contributed by atoms with E-state index < -0.39 is 35.3 Å². The molecule has 1 aromatic rings. The van der Waals surface area contributed by atoms with Crippen molar-refractivity contribution < 1.29 is 23.1 Å². The van der Waals surface area contributed by atoms with Gasteiger partial charge in [-0.05, 0) is 26.8 Å². The fourth-order valence-electron chi connectivity index (χ4n) is 1.77. The molecule has 1 atom stereocenters. The first-order valence-corrected chi connectivity index (χ1v) is 7.56. The first-order chi connectivity index (χ1) is 10.2. The summed E-state index contributed by atoms with van der Waals surface area (Å²) in [5.74, 6) is -2.36. The molecular formula is C14H16F2N2O3S. The number of nitrogens with one attached hydrogen (secondary N) is 2. The van der Waals surface area contributed by atoms with Crippen LogP contribution in [0, 0.1) is 11.6 Å². The molecule has 22 heavy (non-hydrogen) atoms. The summed E-state index contributed by atoms with van der Waals surface area (Å²) in [6.45, 7) is 5.11. The van der Waals surface area contributed by atoms with Crippen LogP contribution in [0.2, 0.25) is 0 Å². The van der Waals surface area contributed by atoms with Gasteiger partial charge in [-0.15, -0.1) is 11.8 Å². The van der Waals surface area contributed by atoms with Gasteiger partial charge in [-0.3, -0.25) is 4.79 Å². The zero-order valence-corrected chi connectivity index (χ0v) is 13.1. The van der Waals surface area contributed by atoms with E-state index in [0.29, 0.717) is 4.90 Å². The molecule has 0 fully saturated rings. The smallest absolute Gasteiger partial charge is 0.408 e. The summed E-state index contributed by atoms with van der Waals surface area (Å²) in [7, 11) is 0. The van der Waals surface area contributed by atoms with Crippen molar-refractivity contribution >= 4 is 29.4 Å². The Bertz CT molecular complexity index is 617. The first kappa shape index (κ1) is 16.5. The number of amides is 2. The van der Waals surface area contributed by atoms with Crippen LogP contribution in [-0.4, -0.2) is 29.4 Å². The van der Waals surface area contributed by atoms with Crippen LogP contribution < -0.4 is 10.6 Å². The molecule has 0 radical (unpaired) electrons. The Hall–Kier alpha value is -1.83. The van der Waals surface area contributed by atoms with E-state index >= 15 is 0 Å². The van der Waals surface area contributed by atoms with Crippen LogP contribution in [-0.2, 0) is 9.53 Å². The standard InChI is InChI=1S/C14H16F2N2O3S/c1-14(2,3)21-13(20)18-10-6-22-11-5-8(16)7(15)4-9(11)17-12(10)19/h4-5,10H,6H2,1-3H3,(H,17,19)(H,18,20)/t10-/m0/s1. The lowest BCUT2D eigenvalue weighted by atomic mass is 10.2. The molecule has 0 aromatic heterocycles. The Labute approximate surface area is 130 Å². The zero-order valence-electron chi connectivity index (χ0n) is 12.3. The summed E-state index contributed by atoms with van der Waals surface area (Å²) in [4.78, 5) is 24.2. The van der Waals surface area contributed by atoms with Gasteiger partial charge in [0.1, 0.15) is 11.6 Å². The number of benzene rings is 1. The molecule has 1 aliphatic heterocycles. The summed E-state index contributed by atoms with van der Waals surface area (Å²) in [6, 6.07) is 1.08. The van der Waals surface area contributed by atoms with Crippen LogP contribution in [0.4, 0.5) is 19.3 Å². The van der Waals surface area contributed by atoms with Crippen molar-refractivity contribution in [2.45, 2.75) is 37.3 Å². The third kappa shape index (κ3) is 4.09. The van der Waals surface area contributed by atoms with Crippen LogP contribution in [0.15, 0.2) is 17.0 Å². The van der Waals surface area contributed by atoms with Crippen molar-refractivity contribution in [2.24, 2.45) is 0 Å². The second-order valence-electron chi connectivity index (χ2n) is 5.76. The van der Waals surface area contributed by atoms with Gasteiger partial charge in [0.2, 0.25) is 5.91 Å². The molecule has 1 aromatic carbocycles. The number of halogens is 2. The van der Waals surface area contributed by atoms with Gasteiger partial charge < -0.3 is 15.4 Å². The number of anilines is 1. The second kappa shape index (κ2) is 6.12. The van der Waals surface area contributed by atoms with Crippen molar-refractivity contribution in [3.8, 4) is 0 Å². The second-order valence-corrected chi connectivity index (χ2v) is 6.82. The highest BCUT2D eigenvalue weighted by Gasteiger charge is 2.28. The molecule has 0 spiro atoms. The monoisotopic (exact) mass is 330 g/mol. The molecule has 0 saturated carbocycles. The van der Waals surface area contributed by atoms with E-state index in [2.05, 4.69) is 10.6 Å². The molecule has 5 nitrogen and oxygen atoms in total. The van der Waals surface area contributed by atoms with Crippen molar-refractivity contribution in [3.63, 3.8) is 0 Å². The molecule has 0 aliphatic carbocycles. The van der Waals surface area contributed by atoms with E-state index in [0.717, 1.165) is 23.9 Å². The summed E-state index contributed by atoms with van der Waals surface area (Å²) in [5, 5.41) is 4.92. The number of carbonyl (C=O) groups excluding carboxylic acids is 2. The third-order valence-corrected chi connectivity index (χ3v) is 3.84. The molecule has 1 heterocycles. The van der Waals surface area contributed by atoms with Crippen LogP contribution in [0.25, 0.3) is 0 Å². The topological polar surface area (TPSA) is 67.4 Å². The largest absolute Gasteiger partial charge is 0.444 e. The molecule has 0 saturated heterocycles. The molecule has 8 heteroatoms. The minimum atomic E-state index is -1.04. The van der Waals surface area contributed by atoms with Crippen LogP contribution >= 0.6 is 11.8 Å². The van der Waals surface area contributed by atoms with Crippen molar-refractivity contribution in [1.29, 1.82) is 0 Å². The van der Waals surface area contributed by atoms with E-state index in [-0.39, 0.29) is 11.4 Å². The Morgan fingerprint density at radius 1 is 1.36 bits per heavy atom. The number of fused-ring (bicyclic) bond motifs is 1. The molecule has 2 amide bonds. The predicted octanol–water partition coefficient (Wildman–Crippen LogP) is 2.90. The van der Waals surface area contributed by atoms with E-state index in [1.165, 1.54) is 0 Å². The lowest BCUT2D eigenvalue weighted by Crippen LogP contribution is -2.46. The molecular weight excluding hydrogens is 314 g/mol. The maximum Gasteiger partial charge on any atom is 0.408 e. The van der Waals surface area contributed by atoms with Crippen molar-refractivity contribution in [1.82, 2.24) is 5.32 Å². The Kier molecular flexibility index (Phi) is 4.60. The van der Waals surface area contributed by atoms with Gasteiger partial charge in [0.05, 0.1) is 5.69 Å².